The van der Waals surface area contributed by atoms with Gasteiger partial charge in [-0.25, -0.2) is 0 Å². The SMILES string of the molecule is Cn1cc(Br)c(CCCN)n1. The fourth-order valence-corrected chi connectivity index (χ4v) is 1.52. The van der Waals surface area contributed by atoms with Crippen LogP contribution in [0.5, 0.6) is 0 Å². The Kier molecular flexibility index (Phi) is 3.08. The van der Waals surface area contributed by atoms with E-state index in [2.05, 4.69) is 21.0 Å². The summed E-state index contributed by atoms with van der Waals surface area (Å²) in [6, 6.07) is 0. The topological polar surface area (TPSA) is 43.8 Å². The third-order valence-corrected chi connectivity index (χ3v) is 2.13. The zero-order valence-corrected chi connectivity index (χ0v) is 8.13. The largest absolute Gasteiger partial charge is 0.330 e. The molecular formula is C7H12BrN3. The van der Waals surface area contributed by atoms with Gasteiger partial charge in [-0.3, -0.25) is 4.68 Å². The van der Waals surface area contributed by atoms with Crippen LogP contribution in [0.1, 0.15) is 12.1 Å². The molecule has 11 heavy (non-hydrogen) atoms. The lowest BCUT2D eigenvalue weighted by Crippen LogP contribution is -2.01. The van der Waals surface area contributed by atoms with E-state index in [9.17, 15) is 0 Å². The highest BCUT2D eigenvalue weighted by Gasteiger charge is 2.02. The van der Waals surface area contributed by atoms with Crippen molar-refractivity contribution in [3.8, 4) is 0 Å². The first-order valence-electron chi connectivity index (χ1n) is 3.62. The number of rotatable bonds is 3. The summed E-state index contributed by atoms with van der Waals surface area (Å²) in [6.07, 6.45) is 3.90. The van der Waals surface area contributed by atoms with Crippen molar-refractivity contribution in [1.82, 2.24) is 9.78 Å². The number of hydrogen-bond donors (Lipinski definition) is 1. The Bertz CT molecular complexity index is 232. The van der Waals surface area contributed by atoms with Crippen LogP contribution in [-0.4, -0.2) is 16.3 Å². The minimum atomic E-state index is 0.725. The van der Waals surface area contributed by atoms with Crippen LogP contribution in [0.3, 0.4) is 0 Å². The molecule has 1 heterocycles. The molecule has 1 aromatic rings. The molecule has 0 amide bonds. The van der Waals surface area contributed by atoms with Gasteiger partial charge in [0.1, 0.15) is 0 Å². The van der Waals surface area contributed by atoms with Gasteiger partial charge in [0.15, 0.2) is 0 Å². The lowest BCUT2D eigenvalue weighted by Gasteiger charge is -1.93. The van der Waals surface area contributed by atoms with Crippen molar-refractivity contribution in [2.75, 3.05) is 6.54 Å². The minimum Gasteiger partial charge on any atom is -0.330 e. The zero-order chi connectivity index (χ0) is 8.27. The highest BCUT2D eigenvalue weighted by atomic mass is 79.9. The molecule has 0 aliphatic rings. The minimum absolute atomic E-state index is 0.725. The molecule has 1 aromatic heterocycles. The van der Waals surface area contributed by atoms with Crippen LogP contribution < -0.4 is 5.73 Å². The Labute approximate surface area is 74.7 Å². The van der Waals surface area contributed by atoms with Crippen LogP contribution in [0, 0.1) is 0 Å². The van der Waals surface area contributed by atoms with Crippen LogP contribution >= 0.6 is 15.9 Å². The third kappa shape index (κ3) is 2.31. The fraction of sp³-hybridized carbons (Fsp3) is 0.571. The lowest BCUT2D eigenvalue weighted by atomic mass is 10.2. The van der Waals surface area contributed by atoms with Gasteiger partial charge in [0.2, 0.25) is 0 Å². The van der Waals surface area contributed by atoms with Gasteiger partial charge in [-0.2, -0.15) is 5.10 Å². The van der Waals surface area contributed by atoms with Gasteiger partial charge in [0.25, 0.3) is 0 Å². The maximum absolute atomic E-state index is 5.38. The monoisotopic (exact) mass is 217 g/mol. The average Bonchev–Trinajstić information content (AvgIpc) is 2.26. The second-order valence-corrected chi connectivity index (χ2v) is 3.34. The number of hydrogen-bond acceptors (Lipinski definition) is 2. The molecule has 0 saturated heterocycles. The maximum atomic E-state index is 5.38. The summed E-state index contributed by atoms with van der Waals surface area (Å²) in [5.41, 5.74) is 6.48. The predicted octanol–water partition coefficient (Wildman–Crippen LogP) is 1.07. The molecule has 0 spiro atoms. The summed E-state index contributed by atoms with van der Waals surface area (Å²) >= 11 is 3.42. The van der Waals surface area contributed by atoms with Crippen molar-refractivity contribution in [3.05, 3.63) is 16.4 Å². The van der Waals surface area contributed by atoms with E-state index in [0.717, 1.165) is 29.6 Å². The van der Waals surface area contributed by atoms with Gasteiger partial charge < -0.3 is 5.73 Å². The molecule has 4 heteroatoms. The molecule has 0 radical (unpaired) electrons. The molecule has 62 valence electrons. The molecule has 2 N–H and O–H groups in total. The molecule has 0 aromatic carbocycles. The van der Waals surface area contributed by atoms with E-state index in [1.54, 1.807) is 4.68 Å². The molecule has 0 atom stereocenters. The standard InChI is InChI=1S/C7H12BrN3/c1-11-5-6(8)7(10-11)3-2-4-9/h5H,2-4,9H2,1H3. The quantitative estimate of drug-likeness (QED) is 0.824. The van der Waals surface area contributed by atoms with Crippen LogP contribution in [0.25, 0.3) is 0 Å². The Balaban J connectivity index is 2.62. The smallest absolute Gasteiger partial charge is 0.0766 e. The van der Waals surface area contributed by atoms with Crippen molar-refractivity contribution in [2.24, 2.45) is 12.8 Å². The van der Waals surface area contributed by atoms with E-state index in [4.69, 9.17) is 5.73 Å². The molecule has 0 saturated carbocycles. The van der Waals surface area contributed by atoms with E-state index in [-0.39, 0.29) is 0 Å². The summed E-state index contributed by atoms with van der Waals surface area (Å²) < 4.78 is 2.88. The van der Waals surface area contributed by atoms with Gasteiger partial charge in [-0.15, -0.1) is 0 Å². The van der Waals surface area contributed by atoms with Crippen LogP contribution in [0.2, 0.25) is 0 Å². The Morgan fingerprint density at radius 3 is 2.91 bits per heavy atom. The predicted molar refractivity (Wildman–Crippen MR) is 48.3 cm³/mol. The highest BCUT2D eigenvalue weighted by molar-refractivity contribution is 9.10. The number of aryl methyl sites for hydroxylation is 2. The molecule has 3 nitrogen and oxygen atoms in total. The summed E-state index contributed by atoms with van der Waals surface area (Å²) in [6.45, 7) is 0.725. The Morgan fingerprint density at radius 2 is 2.45 bits per heavy atom. The molecule has 0 aliphatic heterocycles. The van der Waals surface area contributed by atoms with Crippen molar-refractivity contribution < 1.29 is 0 Å². The van der Waals surface area contributed by atoms with Gasteiger partial charge in [-0.1, -0.05) is 0 Å². The summed E-state index contributed by atoms with van der Waals surface area (Å²) in [7, 11) is 1.91. The normalized spacial score (nSPS) is 10.5. The molecule has 0 aliphatic carbocycles. The first kappa shape index (κ1) is 8.74. The second kappa shape index (κ2) is 3.88. The Hall–Kier alpha value is -0.350. The summed E-state index contributed by atoms with van der Waals surface area (Å²) in [4.78, 5) is 0. The van der Waals surface area contributed by atoms with Crippen molar-refractivity contribution in [3.63, 3.8) is 0 Å². The number of nitrogens with two attached hydrogens (primary N) is 1. The van der Waals surface area contributed by atoms with Crippen LogP contribution in [0.4, 0.5) is 0 Å². The van der Waals surface area contributed by atoms with E-state index in [1.165, 1.54) is 0 Å². The summed E-state index contributed by atoms with van der Waals surface area (Å²) in [5.74, 6) is 0. The maximum Gasteiger partial charge on any atom is 0.0766 e. The Morgan fingerprint density at radius 1 is 1.73 bits per heavy atom. The van der Waals surface area contributed by atoms with E-state index >= 15 is 0 Å². The molecule has 0 bridgehead atoms. The number of nitrogens with zero attached hydrogens (tertiary/aromatic N) is 2. The summed E-state index contributed by atoms with van der Waals surface area (Å²) in [5, 5.41) is 4.26. The van der Waals surface area contributed by atoms with Gasteiger partial charge >= 0.3 is 0 Å². The highest BCUT2D eigenvalue weighted by Crippen LogP contribution is 2.15. The van der Waals surface area contributed by atoms with E-state index < -0.39 is 0 Å². The molecule has 0 fully saturated rings. The van der Waals surface area contributed by atoms with Gasteiger partial charge in [0, 0.05) is 13.2 Å². The van der Waals surface area contributed by atoms with Crippen molar-refractivity contribution >= 4 is 15.9 Å². The van der Waals surface area contributed by atoms with E-state index in [1.807, 2.05) is 13.2 Å². The number of halogens is 1. The van der Waals surface area contributed by atoms with Crippen molar-refractivity contribution in [1.29, 1.82) is 0 Å². The fourth-order valence-electron chi connectivity index (χ4n) is 0.945. The average molecular weight is 218 g/mol. The third-order valence-electron chi connectivity index (χ3n) is 1.47. The van der Waals surface area contributed by atoms with Gasteiger partial charge in [-0.05, 0) is 35.3 Å². The number of aromatic nitrogens is 2. The molecular weight excluding hydrogens is 206 g/mol. The first-order chi connectivity index (χ1) is 5.24. The van der Waals surface area contributed by atoms with E-state index in [0.29, 0.717) is 0 Å². The zero-order valence-electron chi connectivity index (χ0n) is 6.55. The van der Waals surface area contributed by atoms with Crippen molar-refractivity contribution in [2.45, 2.75) is 12.8 Å². The van der Waals surface area contributed by atoms with Crippen LogP contribution in [-0.2, 0) is 13.5 Å². The molecule has 0 unspecified atom stereocenters. The second-order valence-electron chi connectivity index (χ2n) is 2.49. The molecule has 1 rings (SSSR count). The lowest BCUT2D eigenvalue weighted by molar-refractivity contribution is 0.723. The van der Waals surface area contributed by atoms with Gasteiger partial charge in [0.05, 0.1) is 10.2 Å². The first-order valence-corrected chi connectivity index (χ1v) is 4.41. The van der Waals surface area contributed by atoms with Crippen LogP contribution in [0.15, 0.2) is 10.7 Å².